The van der Waals surface area contributed by atoms with Crippen molar-refractivity contribution in [1.82, 2.24) is 5.32 Å². The van der Waals surface area contributed by atoms with Crippen LogP contribution in [0.4, 0.5) is 18.0 Å². The number of alkyl carbamates (subject to hydrolysis) is 1. The second-order valence-electron chi connectivity index (χ2n) is 12.7. The third-order valence-corrected chi connectivity index (χ3v) is 7.27. The lowest BCUT2D eigenvalue weighted by atomic mass is 9.91. The quantitative estimate of drug-likeness (QED) is 0.295. The highest BCUT2D eigenvalue weighted by Crippen LogP contribution is 2.40. The van der Waals surface area contributed by atoms with Crippen LogP contribution in [0.5, 0.6) is 5.75 Å². The Kier molecular flexibility index (Phi) is 9.29. The predicted molar refractivity (Wildman–Crippen MR) is 150 cm³/mol. The molecule has 1 heterocycles. The topological polar surface area (TPSA) is 66.0 Å². The SMILES string of the molecule is CC(C)(C)OC(=O)NC1(CCc2ccc(OCCCc3cccc(C4CC4)c3)c(C(F)(F)F)c2)COC(C)(C)OC1. The Morgan fingerprint density at radius 2 is 1.68 bits per heavy atom. The summed E-state index contributed by atoms with van der Waals surface area (Å²) in [5.41, 5.74) is 0.518. The molecule has 1 amide bonds. The highest BCUT2D eigenvalue weighted by atomic mass is 19.4. The third-order valence-electron chi connectivity index (χ3n) is 7.27. The lowest BCUT2D eigenvalue weighted by Gasteiger charge is -2.44. The van der Waals surface area contributed by atoms with Crippen LogP contribution in [-0.4, -0.2) is 42.8 Å². The molecule has 41 heavy (non-hydrogen) atoms. The van der Waals surface area contributed by atoms with E-state index in [0.29, 0.717) is 24.3 Å². The molecule has 0 aromatic heterocycles. The summed E-state index contributed by atoms with van der Waals surface area (Å²) in [6, 6.07) is 12.6. The number of amides is 1. The smallest absolute Gasteiger partial charge is 0.419 e. The van der Waals surface area contributed by atoms with E-state index in [1.165, 1.54) is 30.0 Å². The Morgan fingerprint density at radius 3 is 2.32 bits per heavy atom. The third kappa shape index (κ3) is 9.36. The molecule has 0 atom stereocenters. The highest BCUT2D eigenvalue weighted by molar-refractivity contribution is 5.69. The Morgan fingerprint density at radius 1 is 1.00 bits per heavy atom. The summed E-state index contributed by atoms with van der Waals surface area (Å²) >= 11 is 0. The normalized spacial score (nSPS) is 18.5. The molecule has 0 bridgehead atoms. The van der Waals surface area contributed by atoms with Gasteiger partial charge in [0.05, 0.1) is 30.9 Å². The van der Waals surface area contributed by atoms with Gasteiger partial charge in [0.1, 0.15) is 11.4 Å². The standard InChI is InChI=1S/C32H42F3NO5/c1-29(2,3)41-28(37)36-31(20-39-30(4,5)40-21-31)16-15-23-11-14-27(26(19-23)32(33,34)35)38-17-7-9-22-8-6-10-25(18-22)24-12-13-24/h6,8,10-11,14,18-19,24H,7,9,12-13,15-17,20-21H2,1-5H3,(H,36,37). The maximum atomic E-state index is 14.0. The van der Waals surface area contributed by atoms with E-state index >= 15 is 0 Å². The summed E-state index contributed by atoms with van der Waals surface area (Å²) in [6.07, 6.45) is -0.854. The van der Waals surface area contributed by atoms with E-state index in [2.05, 4.69) is 23.5 Å². The van der Waals surface area contributed by atoms with Crippen molar-refractivity contribution in [3.8, 4) is 5.75 Å². The molecule has 2 fully saturated rings. The minimum atomic E-state index is -4.57. The summed E-state index contributed by atoms with van der Waals surface area (Å²) in [4.78, 5) is 12.6. The number of rotatable bonds is 10. The van der Waals surface area contributed by atoms with Gasteiger partial charge < -0.3 is 24.3 Å². The molecule has 6 nitrogen and oxygen atoms in total. The largest absolute Gasteiger partial charge is 0.493 e. The van der Waals surface area contributed by atoms with E-state index in [-0.39, 0.29) is 32.0 Å². The van der Waals surface area contributed by atoms with Crippen molar-refractivity contribution < 1.29 is 36.9 Å². The van der Waals surface area contributed by atoms with E-state index in [1.54, 1.807) is 40.7 Å². The fraction of sp³-hybridized carbons (Fsp3) is 0.594. The molecule has 1 saturated heterocycles. The van der Waals surface area contributed by atoms with Gasteiger partial charge in [0.15, 0.2) is 5.79 Å². The zero-order chi connectivity index (χ0) is 29.9. The summed E-state index contributed by atoms with van der Waals surface area (Å²) in [5, 5.41) is 2.86. The summed E-state index contributed by atoms with van der Waals surface area (Å²) < 4.78 is 64.7. The minimum absolute atomic E-state index is 0.135. The minimum Gasteiger partial charge on any atom is -0.493 e. The Labute approximate surface area is 240 Å². The van der Waals surface area contributed by atoms with Gasteiger partial charge in [0, 0.05) is 0 Å². The molecule has 226 valence electrons. The maximum absolute atomic E-state index is 14.0. The Bertz CT molecular complexity index is 1190. The molecule has 9 heteroatoms. The molecule has 4 rings (SSSR count). The molecule has 0 radical (unpaired) electrons. The van der Waals surface area contributed by atoms with Gasteiger partial charge >= 0.3 is 12.3 Å². The molecule has 0 spiro atoms. The molecular weight excluding hydrogens is 535 g/mol. The van der Waals surface area contributed by atoms with Gasteiger partial charge in [-0.1, -0.05) is 30.3 Å². The molecule has 0 unspecified atom stereocenters. The number of ether oxygens (including phenoxy) is 4. The molecule has 2 aliphatic rings. The summed E-state index contributed by atoms with van der Waals surface area (Å²) in [6.45, 7) is 9.25. The number of alkyl halides is 3. The lowest BCUT2D eigenvalue weighted by molar-refractivity contribution is -0.271. The number of aryl methyl sites for hydroxylation is 2. The fourth-order valence-electron chi connectivity index (χ4n) is 4.85. The van der Waals surface area contributed by atoms with Gasteiger partial charge in [0.25, 0.3) is 0 Å². The van der Waals surface area contributed by atoms with Crippen LogP contribution in [0, 0.1) is 0 Å². The van der Waals surface area contributed by atoms with Crippen LogP contribution >= 0.6 is 0 Å². The van der Waals surface area contributed by atoms with Gasteiger partial charge in [0.2, 0.25) is 0 Å². The van der Waals surface area contributed by atoms with Crippen LogP contribution in [0.3, 0.4) is 0 Å². The van der Waals surface area contributed by atoms with E-state index in [0.717, 1.165) is 12.5 Å². The fourth-order valence-corrected chi connectivity index (χ4v) is 4.85. The van der Waals surface area contributed by atoms with Crippen LogP contribution in [-0.2, 0) is 33.2 Å². The molecular formula is C32H42F3NO5. The predicted octanol–water partition coefficient (Wildman–Crippen LogP) is 7.57. The first kappa shape index (κ1) is 31.2. The number of halogens is 3. The first-order chi connectivity index (χ1) is 19.1. The molecule has 2 aromatic carbocycles. The van der Waals surface area contributed by atoms with Crippen LogP contribution in [0.25, 0.3) is 0 Å². The Hall–Kier alpha value is -2.78. The number of hydrogen-bond acceptors (Lipinski definition) is 5. The van der Waals surface area contributed by atoms with Gasteiger partial charge in [-0.3, -0.25) is 0 Å². The molecule has 1 aliphatic heterocycles. The highest BCUT2D eigenvalue weighted by Gasteiger charge is 2.42. The number of nitrogens with one attached hydrogen (secondary N) is 1. The van der Waals surface area contributed by atoms with Crippen molar-refractivity contribution in [1.29, 1.82) is 0 Å². The van der Waals surface area contributed by atoms with Crippen molar-refractivity contribution in [2.75, 3.05) is 19.8 Å². The summed E-state index contributed by atoms with van der Waals surface area (Å²) in [5.74, 6) is -0.352. The van der Waals surface area contributed by atoms with Crippen LogP contribution in [0.1, 0.15) is 88.5 Å². The zero-order valence-electron chi connectivity index (χ0n) is 24.7. The summed E-state index contributed by atoms with van der Waals surface area (Å²) in [7, 11) is 0. The molecule has 1 saturated carbocycles. The number of hydrogen-bond donors (Lipinski definition) is 1. The second-order valence-corrected chi connectivity index (χ2v) is 12.7. The van der Waals surface area contributed by atoms with Gasteiger partial charge in [-0.15, -0.1) is 0 Å². The Balaban J connectivity index is 1.39. The van der Waals surface area contributed by atoms with Crippen molar-refractivity contribution in [3.05, 3.63) is 64.7 Å². The van der Waals surface area contributed by atoms with Gasteiger partial charge in [-0.2, -0.15) is 13.2 Å². The second kappa shape index (κ2) is 12.2. The first-order valence-electron chi connectivity index (χ1n) is 14.3. The average Bonchev–Trinajstić information content (AvgIpc) is 3.72. The van der Waals surface area contributed by atoms with Crippen LogP contribution in [0.2, 0.25) is 0 Å². The van der Waals surface area contributed by atoms with Gasteiger partial charge in [-0.05, 0) is 108 Å². The average molecular weight is 578 g/mol. The maximum Gasteiger partial charge on any atom is 0.419 e. The van der Waals surface area contributed by atoms with E-state index in [4.69, 9.17) is 18.9 Å². The zero-order valence-corrected chi connectivity index (χ0v) is 24.7. The van der Waals surface area contributed by atoms with Crippen molar-refractivity contribution in [3.63, 3.8) is 0 Å². The van der Waals surface area contributed by atoms with E-state index < -0.39 is 34.8 Å². The number of carbonyl (C=O) groups is 1. The first-order valence-corrected chi connectivity index (χ1v) is 14.3. The van der Waals surface area contributed by atoms with Crippen LogP contribution in [0.15, 0.2) is 42.5 Å². The lowest BCUT2D eigenvalue weighted by Crippen LogP contribution is -2.61. The van der Waals surface area contributed by atoms with E-state index in [9.17, 15) is 18.0 Å². The molecule has 1 N–H and O–H groups in total. The monoisotopic (exact) mass is 577 g/mol. The number of carbonyl (C=O) groups excluding carboxylic acids is 1. The molecule has 1 aliphatic carbocycles. The van der Waals surface area contributed by atoms with Crippen molar-refractivity contribution in [2.24, 2.45) is 0 Å². The van der Waals surface area contributed by atoms with Crippen molar-refractivity contribution >= 4 is 6.09 Å². The molecule has 2 aromatic rings. The van der Waals surface area contributed by atoms with Crippen LogP contribution < -0.4 is 10.1 Å². The van der Waals surface area contributed by atoms with Crippen molar-refractivity contribution in [2.45, 2.75) is 102 Å². The van der Waals surface area contributed by atoms with Gasteiger partial charge in [-0.25, -0.2) is 4.79 Å². The number of benzene rings is 2. The van der Waals surface area contributed by atoms with E-state index in [1.807, 2.05) is 6.07 Å².